The summed E-state index contributed by atoms with van der Waals surface area (Å²) in [5.41, 5.74) is 0.816. The summed E-state index contributed by atoms with van der Waals surface area (Å²) in [5.74, 6) is -1.38. The van der Waals surface area contributed by atoms with Gasteiger partial charge >= 0.3 is 0 Å². The maximum absolute atomic E-state index is 13.6. The number of rotatable bonds is 7. The minimum atomic E-state index is -3.78. The van der Waals surface area contributed by atoms with Crippen LogP contribution in [0, 0.1) is 19.7 Å². The molecule has 2 amide bonds. The number of sulfonamides is 1. The van der Waals surface area contributed by atoms with E-state index < -0.39 is 33.2 Å². The molecule has 0 unspecified atom stereocenters. The summed E-state index contributed by atoms with van der Waals surface area (Å²) in [6, 6.07) is 8.54. The summed E-state index contributed by atoms with van der Waals surface area (Å²) >= 11 is 0. The second-order valence-electron chi connectivity index (χ2n) is 8.31. The Bertz CT molecular complexity index is 1090. The molecule has 2 rings (SSSR count). The maximum Gasteiger partial charge on any atom is 0.251 e. The van der Waals surface area contributed by atoms with Crippen LogP contribution in [0.4, 0.5) is 4.39 Å². The predicted octanol–water partition coefficient (Wildman–Crippen LogP) is 2.68. The largest absolute Gasteiger partial charge is 0.350 e. The van der Waals surface area contributed by atoms with E-state index in [9.17, 15) is 22.4 Å². The van der Waals surface area contributed by atoms with E-state index in [0.29, 0.717) is 11.1 Å². The Balaban J connectivity index is 1.99. The number of amides is 2. The minimum Gasteiger partial charge on any atom is -0.350 e. The molecule has 7 nitrogen and oxygen atoms in total. The van der Waals surface area contributed by atoms with Crippen molar-refractivity contribution in [1.82, 2.24) is 15.4 Å². The van der Waals surface area contributed by atoms with Crippen LogP contribution in [0.2, 0.25) is 0 Å². The lowest BCUT2D eigenvalue weighted by Gasteiger charge is -2.20. The van der Waals surface area contributed by atoms with Gasteiger partial charge in [0.25, 0.3) is 11.8 Å². The van der Waals surface area contributed by atoms with Gasteiger partial charge in [0.2, 0.25) is 10.0 Å². The summed E-state index contributed by atoms with van der Waals surface area (Å²) in [7, 11) is -3.78. The number of nitrogens with one attached hydrogen (secondary N) is 3. The highest BCUT2D eigenvalue weighted by Crippen LogP contribution is 2.17. The summed E-state index contributed by atoms with van der Waals surface area (Å²) in [6.45, 7) is 8.74. The van der Waals surface area contributed by atoms with Gasteiger partial charge in [-0.05, 0) is 70.0 Å². The standard InChI is InChI=1S/C22H28FN3O4S/c1-14-7-9-17(31(29,30)26-22(3,4)5)13-18(14)21(28)25-11-10-24-20(27)16-8-6-15(2)19(23)12-16/h6-9,12-13,26H,10-11H2,1-5H3,(H,24,27)(H,25,28). The number of aryl methyl sites for hydroxylation is 2. The highest BCUT2D eigenvalue weighted by molar-refractivity contribution is 7.89. The molecule has 0 aromatic heterocycles. The van der Waals surface area contributed by atoms with Gasteiger partial charge in [-0.25, -0.2) is 17.5 Å². The fraction of sp³-hybridized carbons (Fsp3) is 0.364. The first-order chi connectivity index (χ1) is 14.3. The lowest BCUT2D eigenvalue weighted by molar-refractivity contribution is 0.0927. The molecule has 2 aromatic rings. The number of halogens is 1. The summed E-state index contributed by atoms with van der Waals surface area (Å²) < 4.78 is 41.2. The molecule has 0 spiro atoms. The smallest absolute Gasteiger partial charge is 0.251 e. The zero-order chi connectivity index (χ0) is 23.4. The highest BCUT2D eigenvalue weighted by atomic mass is 32.2. The van der Waals surface area contributed by atoms with Crippen molar-refractivity contribution < 1.29 is 22.4 Å². The van der Waals surface area contributed by atoms with Crippen LogP contribution in [0.3, 0.4) is 0 Å². The molecule has 168 valence electrons. The summed E-state index contributed by atoms with van der Waals surface area (Å²) in [5, 5.41) is 5.25. The minimum absolute atomic E-state index is 0.00660. The number of carbonyl (C=O) groups is 2. The zero-order valence-electron chi connectivity index (χ0n) is 18.3. The topological polar surface area (TPSA) is 104 Å². The van der Waals surface area contributed by atoms with Gasteiger partial charge in [0.15, 0.2) is 0 Å². The van der Waals surface area contributed by atoms with Crippen molar-refractivity contribution >= 4 is 21.8 Å². The molecule has 0 aliphatic rings. The van der Waals surface area contributed by atoms with Gasteiger partial charge in [0, 0.05) is 29.8 Å². The van der Waals surface area contributed by atoms with Gasteiger partial charge in [-0.1, -0.05) is 12.1 Å². The number of hydrogen-bond acceptors (Lipinski definition) is 4. The molecule has 9 heteroatoms. The molecule has 0 fully saturated rings. The van der Waals surface area contributed by atoms with Crippen LogP contribution in [-0.2, 0) is 10.0 Å². The van der Waals surface area contributed by atoms with Gasteiger partial charge in [-0.15, -0.1) is 0 Å². The van der Waals surface area contributed by atoms with Gasteiger partial charge in [-0.2, -0.15) is 0 Å². The second-order valence-corrected chi connectivity index (χ2v) is 9.99. The van der Waals surface area contributed by atoms with E-state index >= 15 is 0 Å². The van der Waals surface area contributed by atoms with Crippen molar-refractivity contribution in [3.63, 3.8) is 0 Å². The molecule has 0 saturated heterocycles. The van der Waals surface area contributed by atoms with Crippen molar-refractivity contribution in [2.24, 2.45) is 0 Å². The molecule has 0 bridgehead atoms. The van der Waals surface area contributed by atoms with Crippen LogP contribution >= 0.6 is 0 Å². The number of benzene rings is 2. The predicted molar refractivity (Wildman–Crippen MR) is 117 cm³/mol. The molecule has 0 atom stereocenters. The average Bonchev–Trinajstić information content (AvgIpc) is 2.65. The van der Waals surface area contributed by atoms with E-state index in [1.165, 1.54) is 24.3 Å². The first-order valence-electron chi connectivity index (χ1n) is 9.77. The Morgan fingerprint density at radius 3 is 2.06 bits per heavy atom. The average molecular weight is 450 g/mol. The van der Waals surface area contributed by atoms with Crippen LogP contribution in [-0.4, -0.2) is 38.9 Å². The molecule has 0 aliphatic carbocycles. The first-order valence-corrected chi connectivity index (χ1v) is 11.3. The molecule has 3 N–H and O–H groups in total. The van der Waals surface area contributed by atoms with Crippen molar-refractivity contribution in [2.45, 2.75) is 45.1 Å². The van der Waals surface area contributed by atoms with Gasteiger partial charge < -0.3 is 10.6 Å². The van der Waals surface area contributed by atoms with Gasteiger partial charge in [0.1, 0.15) is 5.82 Å². The third-order valence-corrected chi connectivity index (χ3v) is 6.09. The van der Waals surface area contributed by atoms with Crippen molar-refractivity contribution in [3.05, 3.63) is 64.5 Å². The summed E-state index contributed by atoms with van der Waals surface area (Å²) in [6.07, 6.45) is 0. The highest BCUT2D eigenvalue weighted by Gasteiger charge is 2.23. The van der Waals surface area contributed by atoms with Crippen LogP contribution in [0.15, 0.2) is 41.3 Å². The summed E-state index contributed by atoms with van der Waals surface area (Å²) in [4.78, 5) is 24.6. The Morgan fingerprint density at radius 2 is 1.48 bits per heavy atom. The maximum atomic E-state index is 13.6. The van der Waals surface area contributed by atoms with Gasteiger partial charge in [0.05, 0.1) is 4.90 Å². The van der Waals surface area contributed by atoms with Crippen molar-refractivity contribution in [1.29, 1.82) is 0 Å². The Kier molecular flexibility index (Phi) is 7.56. The molecule has 0 radical (unpaired) electrons. The number of carbonyl (C=O) groups excluding carboxylic acids is 2. The normalized spacial score (nSPS) is 11.8. The third kappa shape index (κ3) is 6.86. The lowest BCUT2D eigenvalue weighted by Crippen LogP contribution is -2.40. The fourth-order valence-electron chi connectivity index (χ4n) is 2.76. The number of hydrogen-bond donors (Lipinski definition) is 3. The van der Waals surface area contributed by atoms with Crippen LogP contribution in [0.25, 0.3) is 0 Å². The lowest BCUT2D eigenvalue weighted by atomic mass is 10.1. The molecule has 0 aliphatic heterocycles. The fourth-order valence-corrected chi connectivity index (χ4v) is 4.20. The van der Waals surface area contributed by atoms with Crippen LogP contribution in [0.1, 0.15) is 52.6 Å². The Hall–Kier alpha value is -2.78. The molecule has 31 heavy (non-hydrogen) atoms. The zero-order valence-corrected chi connectivity index (χ0v) is 19.1. The van der Waals surface area contributed by atoms with E-state index in [0.717, 1.165) is 6.07 Å². The Labute approximate surface area is 182 Å². The van der Waals surface area contributed by atoms with Gasteiger partial charge in [-0.3, -0.25) is 9.59 Å². The van der Waals surface area contributed by atoms with Crippen molar-refractivity contribution in [3.8, 4) is 0 Å². The van der Waals surface area contributed by atoms with E-state index in [2.05, 4.69) is 15.4 Å². The van der Waals surface area contributed by atoms with E-state index in [4.69, 9.17) is 0 Å². The quantitative estimate of drug-likeness (QED) is 0.565. The van der Waals surface area contributed by atoms with Crippen LogP contribution < -0.4 is 15.4 Å². The van der Waals surface area contributed by atoms with E-state index in [1.807, 2.05) is 0 Å². The molecule has 0 heterocycles. The van der Waals surface area contributed by atoms with E-state index in [1.54, 1.807) is 40.7 Å². The molecular weight excluding hydrogens is 421 g/mol. The third-order valence-electron chi connectivity index (χ3n) is 4.33. The van der Waals surface area contributed by atoms with Crippen LogP contribution in [0.5, 0.6) is 0 Å². The SMILES string of the molecule is Cc1ccc(C(=O)NCCNC(=O)c2cc(S(=O)(=O)NC(C)(C)C)ccc2C)cc1F. The second kappa shape index (κ2) is 9.57. The first kappa shape index (κ1) is 24.5. The molecule has 0 saturated carbocycles. The Morgan fingerprint density at radius 1 is 0.903 bits per heavy atom. The molecular formula is C22H28FN3O4S. The molecule has 2 aromatic carbocycles. The van der Waals surface area contributed by atoms with Crippen molar-refractivity contribution in [2.75, 3.05) is 13.1 Å². The van der Waals surface area contributed by atoms with E-state index in [-0.39, 0.29) is 29.1 Å². The monoisotopic (exact) mass is 449 g/mol.